The Bertz CT molecular complexity index is 566. The molecule has 2 aromatic rings. The zero-order chi connectivity index (χ0) is 12.4. The summed E-state index contributed by atoms with van der Waals surface area (Å²) >= 11 is 5.73. The van der Waals surface area contributed by atoms with E-state index in [-0.39, 0.29) is 10.7 Å². The first-order chi connectivity index (χ1) is 8.08. The second-order valence-corrected chi connectivity index (χ2v) is 3.97. The van der Waals surface area contributed by atoms with Crippen LogP contribution in [0.1, 0.15) is 5.69 Å². The molecule has 17 heavy (non-hydrogen) atoms. The molecule has 1 aromatic heterocycles. The first-order valence-electron chi connectivity index (χ1n) is 4.93. The van der Waals surface area contributed by atoms with Gasteiger partial charge in [-0.05, 0) is 25.1 Å². The van der Waals surface area contributed by atoms with Gasteiger partial charge in [0, 0.05) is 23.6 Å². The van der Waals surface area contributed by atoms with Crippen LogP contribution in [0.4, 0.5) is 17.1 Å². The molecule has 0 spiro atoms. The van der Waals surface area contributed by atoms with Gasteiger partial charge in [0.05, 0.1) is 10.6 Å². The van der Waals surface area contributed by atoms with Crippen LogP contribution in [-0.4, -0.2) is 9.91 Å². The Kier molecular flexibility index (Phi) is 3.01. The minimum absolute atomic E-state index is 0.107. The maximum atomic E-state index is 10.7. The molecule has 5 nitrogen and oxygen atoms in total. The van der Waals surface area contributed by atoms with E-state index in [0.717, 1.165) is 11.4 Å². The molecule has 1 heterocycles. The highest BCUT2D eigenvalue weighted by atomic mass is 35.5. The Labute approximate surface area is 103 Å². The molecule has 1 aromatic carbocycles. The number of aromatic amines is 1. The highest BCUT2D eigenvalue weighted by molar-refractivity contribution is 6.32. The van der Waals surface area contributed by atoms with Crippen LogP contribution in [0, 0.1) is 17.0 Å². The van der Waals surface area contributed by atoms with Crippen LogP contribution in [0.2, 0.25) is 5.02 Å². The molecule has 0 aliphatic heterocycles. The summed E-state index contributed by atoms with van der Waals surface area (Å²) in [5, 5.41) is 13.9. The lowest BCUT2D eigenvalue weighted by atomic mass is 10.2. The van der Waals surface area contributed by atoms with Crippen LogP contribution in [0.3, 0.4) is 0 Å². The Hall–Kier alpha value is -2.01. The Morgan fingerprint density at radius 1 is 1.41 bits per heavy atom. The third-order valence-electron chi connectivity index (χ3n) is 2.38. The minimum Gasteiger partial charge on any atom is -0.363 e. The van der Waals surface area contributed by atoms with E-state index >= 15 is 0 Å². The summed E-state index contributed by atoms with van der Waals surface area (Å²) in [6.07, 6.45) is 1.79. The molecule has 2 rings (SSSR count). The summed E-state index contributed by atoms with van der Waals surface area (Å²) < 4.78 is 0. The third-order valence-corrected chi connectivity index (χ3v) is 2.70. The summed E-state index contributed by atoms with van der Waals surface area (Å²) in [5.74, 6) is 0. The largest absolute Gasteiger partial charge is 0.363 e. The smallest absolute Gasteiger partial charge is 0.289 e. The minimum atomic E-state index is -0.502. The van der Waals surface area contributed by atoms with Crippen molar-refractivity contribution in [3.8, 4) is 0 Å². The number of anilines is 2. The quantitative estimate of drug-likeness (QED) is 0.646. The third kappa shape index (κ3) is 2.39. The summed E-state index contributed by atoms with van der Waals surface area (Å²) in [7, 11) is 0. The fourth-order valence-corrected chi connectivity index (χ4v) is 1.66. The molecule has 88 valence electrons. The van der Waals surface area contributed by atoms with E-state index in [2.05, 4.69) is 10.3 Å². The lowest BCUT2D eigenvalue weighted by molar-refractivity contribution is -0.384. The predicted octanol–water partition coefficient (Wildman–Crippen LogP) is 3.63. The molecule has 0 unspecified atom stereocenters. The highest BCUT2D eigenvalue weighted by Crippen LogP contribution is 2.29. The van der Waals surface area contributed by atoms with Crippen molar-refractivity contribution in [2.24, 2.45) is 0 Å². The van der Waals surface area contributed by atoms with Crippen LogP contribution in [-0.2, 0) is 0 Å². The first-order valence-corrected chi connectivity index (χ1v) is 5.30. The maximum Gasteiger partial charge on any atom is 0.289 e. The Morgan fingerprint density at radius 3 is 2.76 bits per heavy atom. The zero-order valence-corrected chi connectivity index (χ0v) is 9.78. The summed E-state index contributed by atoms with van der Waals surface area (Å²) in [5.41, 5.74) is 2.36. The number of benzene rings is 1. The number of aromatic nitrogens is 1. The molecule has 0 aliphatic rings. The SMILES string of the molecule is Cc1[nH]ccc1Nc1ccc(Cl)c([N+](=O)[O-])c1. The maximum absolute atomic E-state index is 10.7. The fraction of sp³-hybridized carbons (Fsp3) is 0.0909. The second-order valence-electron chi connectivity index (χ2n) is 3.56. The molecule has 0 saturated carbocycles. The molecule has 0 radical (unpaired) electrons. The van der Waals surface area contributed by atoms with Crippen molar-refractivity contribution in [1.29, 1.82) is 0 Å². The average molecular weight is 252 g/mol. The van der Waals surface area contributed by atoms with E-state index in [9.17, 15) is 10.1 Å². The number of rotatable bonds is 3. The molecular weight excluding hydrogens is 242 g/mol. The highest BCUT2D eigenvalue weighted by Gasteiger charge is 2.13. The van der Waals surface area contributed by atoms with Crippen LogP contribution in [0.5, 0.6) is 0 Å². The van der Waals surface area contributed by atoms with Gasteiger partial charge in [-0.1, -0.05) is 11.6 Å². The molecule has 2 N–H and O–H groups in total. The van der Waals surface area contributed by atoms with Gasteiger partial charge in [0.2, 0.25) is 0 Å². The van der Waals surface area contributed by atoms with Crippen LogP contribution < -0.4 is 5.32 Å². The van der Waals surface area contributed by atoms with Gasteiger partial charge in [-0.2, -0.15) is 0 Å². The van der Waals surface area contributed by atoms with Crippen molar-refractivity contribution in [2.75, 3.05) is 5.32 Å². The number of nitrogens with zero attached hydrogens (tertiary/aromatic N) is 1. The van der Waals surface area contributed by atoms with Crippen LogP contribution in [0.15, 0.2) is 30.5 Å². The van der Waals surface area contributed by atoms with Gasteiger partial charge in [-0.3, -0.25) is 10.1 Å². The first kappa shape index (κ1) is 11.5. The van der Waals surface area contributed by atoms with Crippen molar-refractivity contribution >= 4 is 28.7 Å². The predicted molar refractivity (Wildman–Crippen MR) is 66.9 cm³/mol. The van der Waals surface area contributed by atoms with Gasteiger partial charge < -0.3 is 10.3 Å². The lowest BCUT2D eigenvalue weighted by Crippen LogP contribution is -1.94. The number of nitro groups is 1. The van der Waals surface area contributed by atoms with Gasteiger partial charge in [-0.15, -0.1) is 0 Å². The molecule has 0 saturated heterocycles. The molecular formula is C11H10ClN3O2. The fourth-order valence-electron chi connectivity index (χ4n) is 1.47. The number of H-pyrrole nitrogens is 1. The number of hydrogen-bond acceptors (Lipinski definition) is 3. The van der Waals surface area contributed by atoms with Crippen molar-refractivity contribution < 1.29 is 4.92 Å². The van der Waals surface area contributed by atoms with Gasteiger partial charge in [0.15, 0.2) is 0 Å². The molecule has 0 atom stereocenters. The number of nitro benzene ring substituents is 1. The van der Waals surface area contributed by atoms with Crippen molar-refractivity contribution in [2.45, 2.75) is 6.92 Å². The van der Waals surface area contributed by atoms with Crippen LogP contribution >= 0.6 is 11.6 Å². The summed E-state index contributed by atoms with van der Waals surface area (Å²) in [4.78, 5) is 13.2. The molecule has 0 aliphatic carbocycles. The van der Waals surface area contributed by atoms with E-state index in [0.29, 0.717) is 5.69 Å². The molecule has 6 heteroatoms. The number of hydrogen-bond donors (Lipinski definition) is 2. The van der Waals surface area contributed by atoms with Gasteiger partial charge >= 0.3 is 0 Å². The monoisotopic (exact) mass is 251 g/mol. The summed E-state index contributed by atoms with van der Waals surface area (Å²) in [6.45, 7) is 1.91. The Balaban J connectivity index is 2.32. The van der Waals surface area contributed by atoms with Crippen molar-refractivity contribution in [3.05, 3.63) is 51.3 Å². The van der Waals surface area contributed by atoms with Crippen molar-refractivity contribution in [3.63, 3.8) is 0 Å². The lowest BCUT2D eigenvalue weighted by Gasteiger charge is -2.05. The van der Waals surface area contributed by atoms with E-state index in [1.165, 1.54) is 12.1 Å². The zero-order valence-electron chi connectivity index (χ0n) is 9.03. The summed E-state index contributed by atoms with van der Waals surface area (Å²) in [6, 6.07) is 6.47. The molecule has 0 amide bonds. The second kappa shape index (κ2) is 4.47. The topological polar surface area (TPSA) is 71.0 Å². The van der Waals surface area contributed by atoms with Gasteiger partial charge in [0.25, 0.3) is 5.69 Å². The van der Waals surface area contributed by atoms with E-state index in [1.54, 1.807) is 12.3 Å². The number of nitrogens with one attached hydrogen (secondary N) is 2. The van der Waals surface area contributed by atoms with Crippen molar-refractivity contribution in [1.82, 2.24) is 4.98 Å². The normalized spacial score (nSPS) is 10.2. The van der Waals surface area contributed by atoms with Gasteiger partial charge in [-0.25, -0.2) is 0 Å². The molecule has 0 bridgehead atoms. The average Bonchev–Trinajstić information content (AvgIpc) is 2.67. The van der Waals surface area contributed by atoms with E-state index in [1.807, 2.05) is 13.0 Å². The van der Waals surface area contributed by atoms with E-state index in [4.69, 9.17) is 11.6 Å². The Morgan fingerprint density at radius 2 is 2.18 bits per heavy atom. The van der Waals surface area contributed by atoms with Gasteiger partial charge in [0.1, 0.15) is 5.02 Å². The standard InChI is InChI=1S/C11H10ClN3O2/c1-7-10(4-5-13-7)14-8-2-3-9(12)11(6-8)15(16)17/h2-6,13-14H,1H3. The number of halogens is 1. The molecule has 0 fully saturated rings. The number of aryl methyl sites for hydroxylation is 1. The van der Waals surface area contributed by atoms with E-state index < -0.39 is 4.92 Å². The van der Waals surface area contributed by atoms with Crippen LogP contribution in [0.25, 0.3) is 0 Å².